The highest BCUT2D eigenvalue weighted by Crippen LogP contribution is 2.28. The van der Waals surface area contributed by atoms with Crippen molar-refractivity contribution in [1.82, 2.24) is 9.55 Å². The molecule has 3 nitrogen and oxygen atoms in total. The zero-order chi connectivity index (χ0) is 14.1. The molecular formula is C16H20BrN3. The van der Waals surface area contributed by atoms with Crippen molar-refractivity contribution in [2.24, 2.45) is 0 Å². The normalized spacial score (nSPS) is 15.8. The summed E-state index contributed by atoms with van der Waals surface area (Å²) < 4.78 is 3.25. The highest BCUT2D eigenvalue weighted by molar-refractivity contribution is 9.10. The number of imidazole rings is 1. The smallest absolute Gasteiger partial charge is 0.207 e. The molecular weight excluding hydrogens is 314 g/mol. The van der Waals surface area contributed by atoms with Gasteiger partial charge in [-0.05, 0) is 60.3 Å². The Balaban J connectivity index is 1.95. The molecule has 0 amide bonds. The molecule has 4 heteroatoms. The van der Waals surface area contributed by atoms with Crippen molar-refractivity contribution < 1.29 is 0 Å². The summed E-state index contributed by atoms with van der Waals surface area (Å²) in [6.45, 7) is 4.14. The summed E-state index contributed by atoms with van der Waals surface area (Å²) in [7, 11) is 0. The van der Waals surface area contributed by atoms with Gasteiger partial charge in [0.15, 0.2) is 0 Å². The molecule has 1 fully saturated rings. The predicted molar refractivity (Wildman–Crippen MR) is 86.6 cm³/mol. The summed E-state index contributed by atoms with van der Waals surface area (Å²) in [4.78, 5) is 4.65. The number of rotatable bonds is 3. The van der Waals surface area contributed by atoms with Crippen LogP contribution in [0.5, 0.6) is 0 Å². The minimum absolute atomic E-state index is 0.569. The van der Waals surface area contributed by atoms with Crippen LogP contribution in [0.4, 0.5) is 5.95 Å². The van der Waals surface area contributed by atoms with E-state index < -0.39 is 0 Å². The summed E-state index contributed by atoms with van der Waals surface area (Å²) in [5.41, 5.74) is 3.43. The molecule has 1 aliphatic carbocycles. The average molecular weight is 334 g/mol. The molecule has 0 radical (unpaired) electrons. The zero-order valence-electron chi connectivity index (χ0n) is 12.0. The van der Waals surface area contributed by atoms with Gasteiger partial charge in [-0.2, -0.15) is 0 Å². The molecule has 0 atom stereocenters. The predicted octanol–water partition coefficient (Wildman–Crippen LogP) is 4.61. The third-order valence-electron chi connectivity index (χ3n) is 3.88. The number of aromatic nitrogens is 2. The van der Waals surface area contributed by atoms with Gasteiger partial charge in [0.2, 0.25) is 5.95 Å². The molecule has 1 N–H and O–H groups in total. The van der Waals surface area contributed by atoms with E-state index in [-0.39, 0.29) is 0 Å². The summed E-state index contributed by atoms with van der Waals surface area (Å²) in [6.07, 6.45) is 7.24. The maximum Gasteiger partial charge on any atom is 0.207 e. The molecule has 1 aliphatic rings. The van der Waals surface area contributed by atoms with Crippen molar-refractivity contribution in [2.75, 3.05) is 5.32 Å². The molecule has 0 bridgehead atoms. The van der Waals surface area contributed by atoms with E-state index in [9.17, 15) is 0 Å². The Morgan fingerprint density at radius 3 is 2.70 bits per heavy atom. The molecule has 1 aromatic heterocycles. The molecule has 1 aromatic carbocycles. The molecule has 0 spiro atoms. The minimum atomic E-state index is 0.569. The average Bonchev–Trinajstić information content (AvgIpc) is 3.00. The Kier molecular flexibility index (Phi) is 3.83. The minimum Gasteiger partial charge on any atom is -0.353 e. The maximum absolute atomic E-state index is 4.65. The summed E-state index contributed by atoms with van der Waals surface area (Å²) >= 11 is 3.66. The van der Waals surface area contributed by atoms with Crippen LogP contribution in [-0.2, 0) is 0 Å². The number of halogens is 1. The van der Waals surface area contributed by atoms with Gasteiger partial charge in [0.25, 0.3) is 0 Å². The van der Waals surface area contributed by atoms with Crippen LogP contribution in [-0.4, -0.2) is 15.6 Å². The van der Waals surface area contributed by atoms with Gasteiger partial charge in [-0.1, -0.05) is 18.9 Å². The standard InChI is InChI=1S/C16H20BrN3/c1-11-7-8-15(14(17)9-11)20-10-12(2)18-16(20)19-13-5-3-4-6-13/h7-10,13H,3-6H2,1-2H3,(H,18,19). The number of anilines is 1. The lowest BCUT2D eigenvalue weighted by Crippen LogP contribution is -2.17. The molecule has 0 unspecified atom stereocenters. The SMILES string of the molecule is Cc1ccc(-n2cc(C)nc2NC2CCCC2)c(Br)c1. The first kappa shape index (κ1) is 13.7. The topological polar surface area (TPSA) is 29.9 Å². The molecule has 1 heterocycles. The monoisotopic (exact) mass is 333 g/mol. The molecule has 0 aliphatic heterocycles. The summed E-state index contributed by atoms with van der Waals surface area (Å²) in [5.74, 6) is 0.957. The van der Waals surface area contributed by atoms with Crippen molar-refractivity contribution in [3.63, 3.8) is 0 Å². The van der Waals surface area contributed by atoms with Gasteiger partial charge in [-0.25, -0.2) is 4.98 Å². The van der Waals surface area contributed by atoms with Gasteiger partial charge in [0.05, 0.1) is 11.4 Å². The molecule has 3 rings (SSSR count). The van der Waals surface area contributed by atoms with Crippen molar-refractivity contribution in [3.8, 4) is 5.69 Å². The first-order valence-electron chi connectivity index (χ1n) is 7.22. The van der Waals surface area contributed by atoms with Crippen LogP contribution >= 0.6 is 15.9 Å². The second-order valence-electron chi connectivity index (χ2n) is 5.66. The van der Waals surface area contributed by atoms with E-state index in [2.05, 4.69) is 62.1 Å². The van der Waals surface area contributed by atoms with Crippen molar-refractivity contribution in [3.05, 3.63) is 40.1 Å². The lowest BCUT2D eigenvalue weighted by atomic mass is 10.2. The van der Waals surface area contributed by atoms with Gasteiger partial charge in [0, 0.05) is 16.7 Å². The van der Waals surface area contributed by atoms with Crippen LogP contribution < -0.4 is 5.32 Å². The first-order valence-corrected chi connectivity index (χ1v) is 8.02. The van der Waals surface area contributed by atoms with E-state index in [0.29, 0.717) is 6.04 Å². The first-order chi connectivity index (χ1) is 9.63. The van der Waals surface area contributed by atoms with E-state index in [4.69, 9.17) is 0 Å². The van der Waals surface area contributed by atoms with Gasteiger partial charge < -0.3 is 5.32 Å². The summed E-state index contributed by atoms with van der Waals surface area (Å²) in [6, 6.07) is 6.99. The second kappa shape index (κ2) is 5.60. The number of nitrogens with zero attached hydrogens (tertiary/aromatic N) is 2. The number of benzene rings is 1. The largest absolute Gasteiger partial charge is 0.353 e. The number of aryl methyl sites for hydroxylation is 2. The Hall–Kier alpha value is -1.29. The molecule has 106 valence electrons. The molecule has 2 aromatic rings. The van der Waals surface area contributed by atoms with Crippen LogP contribution in [0, 0.1) is 13.8 Å². The lowest BCUT2D eigenvalue weighted by Gasteiger charge is -2.15. The van der Waals surface area contributed by atoms with Crippen LogP contribution in [0.2, 0.25) is 0 Å². The fourth-order valence-corrected chi connectivity index (χ4v) is 3.53. The van der Waals surface area contributed by atoms with Gasteiger partial charge in [-0.15, -0.1) is 0 Å². The molecule has 20 heavy (non-hydrogen) atoms. The van der Waals surface area contributed by atoms with Gasteiger partial charge in [-0.3, -0.25) is 4.57 Å². The number of hydrogen-bond donors (Lipinski definition) is 1. The Bertz CT molecular complexity index is 612. The third kappa shape index (κ3) is 2.75. The lowest BCUT2D eigenvalue weighted by molar-refractivity contribution is 0.740. The van der Waals surface area contributed by atoms with Gasteiger partial charge in [0.1, 0.15) is 0 Å². The Morgan fingerprint density at radius 1 is 1.25 bits per heavy atom. The summed E-state index contributed by atoms with van der Waals surface area (Å²) in [5, 5.41) is 3.60. The van der Waals surface area contributed by atoms with Crippen molar-refractivity contribution in [1.29, 1.82) is 0 Å². The fourth-order valence-electron chi connectivity index (χ4n) is 2.84. The number of nitrogens with one attached hydrogen (secondary N) is 1. The fraction of sp³-hybridized carbons (Fsp3) is 0.438. The highest BCUT2D eigenvalue weighted by Gasteiger charge is 2.18. The van der Waals surface area contributed by atoms with Crippen LogP contribution in [0.25, 0.3) is 5.69 Å². The maximum atomic E-state index is 4.65. The number of hydrogen-bond acceptors (Lipinski definition) is 2. The second-order valence-corrected chi connectivity index (χ2v) is 6.51. The Morgan fingerprint density at radius 2 is 2.00 bits per heavy atom. The van der Waals surface area contributed by atoms with E-state index >= 15 is 0 Å². The molecule has 1 saturated carbocycles. The highest BCUT2D eigenvalue weighted by atomic mass is 79.9. The van der Waals surface area contributed by atoms with Crippen molar-refractivity contribution >= 4 is 21.9 Å². The van der Waals surface area contributed by atoms with E-state index in [1.807, 2.05) is 6.92 Å². The van der Waals surface area contributed by atoms with Gasteiger partial charge >= 0.3 is 0 Å². The Labute approximate surface area is 128 Å². The van der Waals surface area contributed by atoms with E-state index in [1.165, 1.54) is 31.2 Å². The van der Waals surface area contributed by atoms with Crippen LogP contribution in [0.3, 0.4) is 0 Å². The van der Waals surface area contributed by atoms with E-state index in [0.717, 1.165) is 21.8 Å². The van der Waals surface area contributed by atoms with Crippen LogP contribution in [0.1, 0.15) is 36.9 Å². The van der Waals surface area contributed by atoms with E-state index in [1.54, 1.807) is 0 Å². The third-order valence-corrected chi connectivity index (χ3v) is 4.51. The van der Waals surface area contributed by atoms with Crippen molar-refractivity contribution in [2.45, 2.75) is 45.6 Å². The quantitative estimate of drug-likeness (QED) is 0.889. The molecule has 0 saturated heterocycles. The van der Waals surface area contributed by atoms with Crippen LogP contribution in [0.15, 0.2) is 28.9 Å². The zero-order valence-corrected chi connectivity index (χ0v) is 13.6.